The number of amides is 1. The fraction of sp³-hybridized carbons (Fsp3) is 0.480. The minimum absolute atomic E-state index is 0.0109. The van der Waals surface area contributed by atoms with Crippen molar-refractivity contribution in [3.05, 3.63) is 59.9 Å². The highest BCUT2D eigenvalue weighted by Crippen LogP contribution is 2.14. The molecule has 1 amide bonds. The summed E-state index contributed by atoms with van der Waals surface area (Å²) in [5, 5.41) is 13.1. The summed E-state index contributed by atoms with van der Waals surface area (Å²) in [6, 6.07) is 9.78. The number of aliphatic hydroxyl groups excluding tert-OH is 1. The number of aliphatic hydroxyl groups is 1. The summed E-state index contributed by atoms with van der Waals surface area (Å²) in [6.07, 6.45) is 9.19. The van der Waals surface area contributed by atoms with Gasteiger partial charge in [0.25, 0.3) is 5.91 Å². The van der Waals surface area contributed by atoms with E-state index in [0.717, 1.165) is 24.8 Å². The van der Waals surface area contributed by atoms with E-state index in [1.165, 1.54) is 12.4 Å². The number of hydroxylamine groups is 1. The number of carbonyl (C=O) groups is 1. The van der Waals surface area contributed by atoms with Gasteiger partial charge in [-0.2, -0.15) is 0 Å². The summed E-state index contributed by atoms with van der Waals surface area (Å²) in [4.78, 5) is 28.4. The Labute approximate surface area is 205 Å². The van der Waals surface area contributed by atoms with Gasteiger partial charge in [0, 0.05) is 51.1 Å². The van der Waals surface area contributed by atoms with E-state index in [2.05, 4.69) is 20.8 Å². The maximum Gasteiger partial charge on any atom is 0.278 e. The number of carbonyl (C=O) groups excluding carboxylic acids is 1. The topological polar surface area (TPSA) is 118 Å². The Morgan fingerprint density at radius 1 is 1.20 bits per heavy atom. The van der Waals surface area contributed by atoms with Gasteiger partial charge in [-0.1, -0.05) is 42.5 Å². The first-order valence-electron chi connectivity index (χ1n) is 12.0. The van der Waals surface area contributed by atoms with Gasteiger partial charge in [0.2, 0.25) is 5.95 Å². The molecule has 3 heterocycles. The molecule has 188 valence electrons. The second kappa shape index (κ2) is 13.3. The van der Waals surface area contributed by atoms with Crippen LogP contribution in [0.1, 0.15) is 35.2 Å². The number of ether oxygens (including phenoxy) is 2. The molecule has 2 aromatic rings. The molecule has 3 unspecified atom stereocenters. The Morgan fingerprint density at radius 3 is 2.77 bits per heavy atom. The summed E-state index contributed by atoms with van der Waals surface area (Å²) < 4.78 is 11.3. The Hall–Kier alpha value is -2.89. The molecule has 0 bridgehead atoms. The molecule has 0 aliphatic carbocycles. The number of aromatic nitrogens is 2. The van der Waals surface area contributed by atoms with E-state index >= 15 is 0 Å². The van der Waals surface area contributed by atoms with Gasteiger partial charge in [0.05, 0.1) is 24.9 Å². The SMILES string of the molecule is O=C(NOC1CCCCO1)c1cnc(N2CCOC(CNC(C=Cc3ccccc3)CO)C2)nc1. The Balaban J connectivity index is 1.24. The molecule has 0 radical (unpaired) electrons. The number of rotatable bonds is 10. The van der Waals surface area contributed by atoms with Crippen molar-refractivity contribution in [3.8, 4) is 0 Å². The molecule has 10 nitrogen and oxygen atoms in total. The van der Waals surface area contributed by atoms with Crippen molar-refractivity contribution in [3.63, 3.8) is 0 Å². The van der Waals surface area contributed by atoms with Gasteiger partial charge in [-0.05, 0) is 18.4 Å². The number of morpholine rings is 1. The molecule has 4 rings (SSSR count). The molecule has 2 aliphatic heterocycles. The van der Waals surface area contributed by atoms with Gasteiger partial charge in [-0.3, -0.25) is 4.79 Å². The summed E-state index contributed by atoms with van der Waals surface area (Å²) in [7, 11) is 0. The van der Waals surface area contributed by atoms with Crippen LogP contribution in [0.25, 0.3) is 6.08 Å². The molecule has 10 heteroatoms. The van der Waals surface area contributed by atoms with Crippen molar-refractivity contribution in [2.75, 3.05) is 44.4 Å². The average Bonchev–Trinajstić information content (AvgIpc) is 2.93. The van der Waals surface area contributed by atoms with Gasteiger partial charge in [0.1, 0.15) is 0 Å². The van der Waals surface area contributed by atoms with E-state index < -0.39 is 12.2 Å². The molecular weight excluding hydrogens is 450 g/mol. The monoisotopic (exact) mass is 483 g/mol. The van der Waals surface area contributed by atoms with Crippen LogP contribution in [-0.2, 0) is 14.3 Å². The lowest BCUT2D eigenvalue weighted by atomic mass is 10.1. The minimum atomic E-state index is -0.411. The highest BCUT2D eigenvalue weighted by molar-refractivity contribution is 5.92. The van der Waals surface area contributed by atoms with Crippen LogP contribution in [0.2, 0.25) is 0 Å². The Bertz CT molecular complexity index is 937. The van der Waals surface area contributed by atoms with E-state index in [4.69, 9.17) is 14.3 Å². The van der Waals surface area contributed by atoms with E-state index in [1.54, 1.807) is 0 Å². The first-order valence-corrected chi connectivity index (χ1v) is 12.0. The third-order valence-electron chi connectivity index (χ3n) is 5.87. The predicted octanol–water partition coefficient (Wildman–Crippen LogP) is 1.53. The van der Waals surface area contributed by atoms with Crippen LogP contribution in [-0.4, -0.2) is 78.9 Å². The third-order valence-corrected chi connectivity index (χ3v) is 5.87. The van der Waals surface area contributed by atoms with E-state index in [0.29, 0.717) is 44.4 Å². The second-order valence-electron chi connectivity index (χ2n) is 8.52. The van der Waals surface area contributed by atoms with Crippen molar-refractivity contribution in [1.82, 2.24) is 20.8 Å². The van der Waals surface area contributed by atoms with Gasteiger partial charge in [-0.15, -0.1) is 0 Å². The lowest BCUT2D eigenvalue weighted by molar-refractivity contribution is -0.186. The zero-order valence-electron chi connectivity index (χ0n) is 19.7. The molecule has 2 saturated heterocycles. The molecule has 3 N–H and O–H groups in total. The lowest BCUT2D eigenvalue weighted by Gasteiger charge is -2.33. The van der Waals surface area contributed by atoms with Crippen molar-refractivity contribution in [1.29, 1.82) is 0 Å². The normalized spacial score (nSPS) is 21.7. The molecule has 0 spiro atoms. The van der Waals surface area contributed by atoms with Crippen LogP contribution < -0.4 is 15.7 Å². The van der Waals surface area contributed by atoms with E-state index in [-0.39, 0.29) is 18.8 Å². The van der Waals surface area contributed by atoms with Crippen molar-refractivity contribution < 1.29 is 24.2 Å². The zero-order chi connectivity index (χ0) is 24.3. The van der Waals surface area contributed by atoms with Crippen LogP contribution in [0.15, 0.2) is 48.8 Å². The minimum Gasteiger partial charge on any atom is -0.394 e. The van der Waals surface area contributed by atoms with Gasteiger partial charge >= 0.3 is 0 Å². The molecule has 3 atom stereocenters. The fourth-order valence-corrected chi connectivity index (χ4v) is 3.88. The molecule has 0 saturated carbocycles. The van der Waals surface area contributed by atoms with Gasteiger partial charge in [-0.25, -0.2) is 20.3 Å². The quantitative estimate of drug-likeness (QED) is 0.433. The first-order chi connectivity index (χ1) is 17.2. The van der Waals surface area contributed by atoms with Crippen molar-refractivity contribution in [2.45, 2.75) is 37.7 Å². The summed E-state index contributed by atoms with van der Waals surface area (Å²) in [5.74, 6) is 0.127. The molecule has 1 aromatic heterocycles. The number of hydrogen-bond donors (Lipinski definition) is 3. The van der Waals surface area contributed by atoms with Crippen LogP contribution in [0.3, 0.4) is 0 Å². The highest BCUT2D eigenvalue weighted by Gasteiger charge is 2.23. The maximum atomic E-state index is 12.3. The van der Waals surface area contributed by atoms with Crippen LogP contribution in [0.5, 0.6) is 0 Å². The van der Waals surface area contributed by atoms with Gasteiger partial charge in [0.15, 0.2) is 6.29 Å². The summed E-state index contributed by atoms with van der Waals surface area (Å²) in [6.45, 7) is 2.99. The largest absolute Gasteiger partial charge is 0.394 e. The maximum absolute atomic E-state index is 12.3. The molecule has 35 heavy (non-hydrogen) atoms. The summed E-state index contributed by atoms with van der Waals surface area (Å²) in [5.41, 5.74) is 3.81. The standard InChI is InChI=1S/C25H33N5O5/c31-18-21(10-9-19-6-2-1-3-7-19)26-16-22-17-30(11-13-33-22)25-27-14-20(15-28-25)24(32)29-35-23-8-4-5-12-34-23/h1-3,6-7,9-10,14-15,21-23,26,31H,4-5,8,11-13,16-18H2,(H,29,32). The number of hydrogen-bond acceptors (Lipinski definition) is 9. The zero-order valence-corrected chi connectivity index (χ0v) is 19.7. The number of nitrogens with zero attached hydrogens (tertiary/aromatic N) is 3. The number of anilines is 1. The third kappa shape index (κ3) is 7.81. The van der Waals surface area contributed by atoms with Crippen LogP contribution in [0.4, 0.5) is 5.95 Å². The fourth-order valence-electron chi connectivity index (χ4n) is 3.88. The predicted molar refractivity (Wildman–Crippen MR) is 130 cm³/mol. The highest BCUT2D eigenvalue weighted by atomic mass is 16.8. The van der Waals surface area contributed by atoms with Crippen LogP contribution in [0, 0.1) is 0 Å². The molecule has 2 fully saturated rings. The first kappa shape index (κ1) is 25.2. The molecule has 1 aromatic carbocycles. The lowest BCUT2D eigenvalue weighted by Crippen LogP contribution is -2.49. The molecule has 2 aliphatic rings. The van der Waals surface area contributed by atoms with E-state index in [9.17, 15) is 9.90 Å². The molecular formula is C25H33N5O5. The number of nitrogens with one attached hydrogen (secondary N) is 2. The van der Waals surface area contributed by atoms with Crippen molar-refractivity contribution in [2.24, 2.45) is 0 Å². The van der Waals surface area contributed by atoms with Crippen molar-refractivity contribution >= 4 is 17.9 Å². The van der Waals surface area contributed by atoms with Gasteiger partial charge < -0.3 is 24.8 Å². The number of benzene rings is 1. The second-order valence-corrected chi connectivity index (χ2v) is 8.52. The Morgan fingerprint density at radius 2 is 2.03 bits per heavy atom. The van der Waals surface area contributed by atoms with Crippen LogP contribution >= 0.6 is 0 Å². The summed E-state index contributed by atoms with van der Waals surface area (Å²) >= 11 is 0. The average molecular weight is 484 g/mol. The smallest absolute Gasteiger partial charge is 0.278 e. The van der Waals surface area contributed by atoms with E-state index in [1.807, 2.05) is 47.4 Å². The Kier molecular flexibility index (Phi) is 9.56.